The van der Waals surface area contributed by atoms with Crippen molar-refractivity contribution in [2.45, 2.75) is 19.2 Å². The highest BCUT2D eigenvalue weighted by molar-refractivity contribution is 7.99. The molecule has 3 nitrogen and oxygen atoms in total. The third-order valence-corrected chi connectivity index (χ3v) is 4.18. The van der Waals surface area contributed by atoms with E-state index in [2.05, 4.69) is 5.32 Å². The zero-order chi connectivity index (χ0) is 16.5. The average Bonchev–Trinajstić information content (AvgIpc) is 2.56. The van der Waals surface area contributed by atoms with E-state index in [0.717, 1.165) is 11.3 Å². The number of carbonyl (C=O) groups excluding carboxylic acids is 1. The Morgan fingerprint density at radius 1 is 1.13 bits per heavy atom. The molecule has 0 bridgehead atoms. The summed E-state index contributed by atoms with van der Waals surface area (Å²) in [5.74, 6) is 1.26. The molecular formula is C18H20FNO2S. The van der Waals surface area contributed by atoms with E-state index >= 15 is 0 Å². The summed E-state index contributed by atoms with van der Waals surface area (Å²) in [4.78, 5) is 11.9. The van der Waals surface area contributed by atoms with Crippen molar-refractivity contribution in [2.75, 3.05) is 12.4 Å². The Labute approximate surface area is 140 Å². The van der Waals surface area contributed by atoms with E-state index in [4.69, 9.17) is 4.74 Å². The Hall–Kier alpha value is -2.01. The fourth-order valence-corrected chi connectivity index (χ4v) is 2.90. The minimum atomic E-state index is -0.231. The Bertz CT molecular complexity index is 648. The van der Waals surface area contributed by atoms with E-state index in [0.29, 0.717) is 30.2 Å². The van der Waals surface area contributed by atoms with Crippen molar-refractivity contribution in [2.24, 2.45) is 0 Å². The van der Waals surface area contributed by atoms with Crippen LogP contribution in [0.3, 0.4) is 0 Å². The predicted octanol–water partition coefficient (Wildman–Crippen LogP) is 3.77. The summed E-state index contributed by atoms with van der Waals surface area (Å²) in [6.45, 7) is 2.94. The summed E-state index contributed by atoms with van der Waals surface area (Å²) < 4.78 is 19.0. The lowest BCUT2D eigenvalue weighted by Gasteiger charge is -2.11. The second-order valence-electron chi connectivity index (χ2n) is 4.90. The van der Waals surface area contributed by atoms with Crippen molar-refractivity contribution in [3.8, 4) is 5.75 Å². The molecule has 2 rings (SSSR count). The van der Waals surface area contributed by atoms with Crippen LogP contribution in [0.25, 0.3) is 0 Å². The van der Waals surface area contributed by atoms with Gasteiger partial charge in [0.1, 0.15) is 11.6 Å². The SMILES string of the molecule is CCOc1ccccc1CNC(=O)CSCc1ccccc1F. The van der Waals surface area contributed by atoms with E-state index in [1.165, 1.54) is 17.8 Å². The molecule has 0 heterocycles. The number of nitrogens with one attached hydrogen (secondary N) is 1. The number of thioether (sulfide) groups is 1. The molecule has 2 aromatic rings. The molecule has 1 N–H and O–H groups in total. The molecule has 0 aliphatic heterocycles. The van der Waals surface area contributed by atoms with Gasteiger partial charge in [-0.2, -0.15) is 0 Å². The Kier molecular flexibility index (Phi) is 6.94. The first-order valence-electron chi connectivity index (χ1n) is 7.49. The van der Waals surface area contributed by atoms with Gasteiger partial charge in [0.25, 0.3) is 0 Å². The first-order chi connectivity index (χ1) is 11.2. The number of ether oxygens (including phenoxy) is 1. The van der Waals surface area contributed by atoms with Crippen molar-refractivity contribution in [1.29, 1.82) is 0 Å². The molecule has 0 unspecified atom stereocenters. The van der Waals surface area contributed by atoms with Crippen molar-refractivity contribution in [3.63, 3.8) is 0 Å². The van der Waals surface area contributed by atoms with E-state index in [1.807, 2.05) is 31.2 Å². The van der Waals surface area contributed by atoms with Crippen molar-refractivity contribution < 1.29 is 13.9 Å². The van der Waals surface area contributed by atoms with Crippen LogP contribution in [-0.2, 0) is 17.1 Å². The predicted molar refractivity (Wildman–Crippen MR) is 92.0 cm³/mol. The maximum atomic E-state index is 13.5. The molecule has 0 aliphatic rings. The molecule has 0 aromatic heterocycles. The van der Waals surface area contributed by atoms with Crippen LogP contribution < -0.4 is 10.1 Å². The largest absolute Gasteiger partial charge is 0.494 e. The minimum Gasteiger partial charge on any atom is -0.494 e. The number of para-hydroxylation sites is 1. The summed E-state index contributed by atoms with van der Waals surface area (Å²) in [6.07, 6.45) is 0. The second-order valence-corrected chi connectivity index (χ2v) is 5.89. The maximum Gasteiger partial charge on any atom is 0.230 e. The molecular weight excluding hydrogens is 313 g/mol. The van der Waals surface area contributed by atoms with Gasteiger partial charge in [-0.05, 0) is 24.6 Å². The van der Waals surface area contributed by atoms with Gasteiger partial charge in [-0.3, -0.25) is 4.79 Å². The Morgan fingerprint density at radius 3 is 2.57 bits per heavy atom. The highest BCUT2D eigenvalue weighted by Gasteiger charge is 2.07. The van der Waals surface area contributed by atoms with Gasteiger partial charge in [-0.1, -0.05) is 36.4 Å². The molecule has 0 atom stereocenters. The molecule has 0 saturated carbocycles. The van der Waals surface area contributed by atoms with Crippen LogP contribution in [0.4, 0.5) is 4.39 Å². The first kappa shape index (κ1) is 17.3. The fourth-order valence-electron chi connectivity index (χ4n) is 2.06. The zero-order valence-electron chi connectivity index (χ0n) is 13.0. The lowest BCUT2D eigenvalue weighted by molar-refractivity contribution is -0.118. The van der Waals surface area contributed by atoms with Crippen LogP contribution in [0, 0.1) is 5.82 Å². The number of amides is 1. The molecule has 23 heavy (non-hydrogen) atoms. The maximum absolute atomic E-state index is 13.5. The molecule has 0 radical (unpaired) electrons. The standard InChI is InChI=1S/C18H20FNO2S/c1-2-22-17-10-6-4-7-14(17)11-20-18(21)13-23-12-15-8-3-5-9-16(15)19/h3-10H,2,11-13H2,1H3,(H,20,21). The average molecular weight is 333 g/mol. The van der Waals surface area contributed by atoms with Gasteiger partial charge in [0.05, 0.1) is 12.4 Å². The lowest BCUT2D eigenvalue weighted by atomic mass is 10.2. The normalized spacial score (nSPS) is 10.3. The highest BCUT2D eigenvalue weighted by Crippen LogP contribution is 2.18. The molecule has 0 saturated heterocycles. The summed E-state index contributed by atoms with van der Waals surface area (Å²) in [5.41, 5.74) is 1.56. The molecule has 0 spiro atoms. The number of benzene rings is 2. The van der Waals surface area contributed by atoms with Crippen LogP contribution in [0.1, 0.15) is 18.1 Å². The van der Waals surface area contributed by atoms with Gasteiger partial charge in [0, 0.05) is 17.9 Å². The van der Waals surface area contributed by atoms with Crippen molar-refractivity contribution >= 4 is 17.7 Å². The van der Waals surface area contributed by atoms with Gasteiger partial charge in [-0.25, -0.2) is 4.39 Å². The van der Waals surface area contributed by atoms with Crippen LogP contribution in [0.5, 0.6) is 5.75 Å². The molecule has 122 valence electrons. The van der Waals surface area contributed by atoms with Crippen molar-refractivity contribution in [1.82, 2.24) is 5.32 Å². The van der Waals surface area contributed by atoms with Gasteiger partial charge in [-0.15, -0.1) is 11.8 Å². The van der Waals surface area contributed by atoms with Crippen molar-refractivity contribution in [3.05, 3.63) is 65.5 Å². The number of halogens is 1. The highest BCUT2D eigenvalue weighted by atomic mass is 32.2. The number of rotatable bonds is 8. The van der Waals surface area contributed by atoms with Crippen LogP contribution in [0.2, 0.25) is 0 Å². The van der Waals surface area contributed by atoms with Gasteiger partial charge < -0.3 is 10.1 Å². The number of hydrogen-bond acceptors (Lipinski definition) is 3. The first-order valence-corrected chi connectivity index (χ1v) is 8.64. The lowest BCUT2D eigenvalue weighted by Crippen LogP contribution is -2.25. The quantitative estimate of drug-likeness (QED) is 0.799. The fraction of sp³-hybridized carbons (Fsp3) is 0.278. The smallest absolute Gasteiger partial charge is 0.230 e. The molecule has 5 heteroatoms. The summed E-state index contributed by atoms with van der Waals surface area (Å²) in [7, 11) is 0. The minimum absolute atomic E-state index is 0.0716. The van der Waals surface area contributed by atoms with Crippen LogP contribution in [0.15, 0.2) is 48.5 Å². The number of hydrogen-bond donors (Lipinski definition) is 1. The van der Waals surface area contributed by atoms with E-state index in [9.17, 15) is 9.18 Å². The van der Waals surface area contributed by atoms with E-state index < -0.39 is 0 Å². The summed E-state index contributed by atoms with van der Waals surface area (Å²) in [5, 5.41) is 2.87. The molecule has 2 aromatic carbocycles. The van der Waals surface area contributed by atoms with Gasteiger partial charge in [0.15, 0.2) is 0 Å². The number of carbonyl (C=O) groups is 1. The molecule has 0 fully saturated rings. The van der Waals surface area contributed by atoms with Gasteiger partial charge >= 0.3 is 0 Å². The van der Waals surface area contributed by atoms with Crippen LogP contribution >= 0.6 is 11.8 Å². The Morgan fingerprint density at radius 2 is 1.83 bits per heavy atom. The second kappa shape index (κ2) is 9.20. The van der Waals surface area contributed by atoms with E-state index in [1.54, 1.807) is 18.2 Å². The van der Waals surface area contributed by atoms with E-state index in [-0.39, 0.29) is 11.7 Å². The zero-order valence-corrected chi connectivity index (χ0v) is 13.9. The summed E-state index contributed by atoms with van der Waals surface area (Å²) in [6, 6.07) is 14.3. The molecule has 0 aliphatic carbocycles. The molecule has 1 amide bonds. The topological polar surface area (TPSA) is 38.3 Å². The summed E-state index contributed by atoms with van der Waals surface area (Å²) >= 11 is 1.39. The monoisotopic (exact) mass is 333 g/mol. The Balaban J connectivity index is 1.76. The van der Waals surface area contributed by atoms with Gasteiger partial charge in [0.2, 0.25) is 5.91 Å². The third-order valence-electron chi connectivity index (χ3n) is 3.20. The third kappa shape index (κ3) is 5.60. The van der Waals surface area contributed by atoms with Crippen LogP contribution in [-0.4, -0.2) is 18.3 Å².